The lowest BCUT2D eigenvalue weighted by Gasteiger charge is -2.36. The van der Waals surface area contributed by atoms with Crippen LogP contribution in [0.1, 0.15) is 28.7 Å². The number of hydrogen-bond donors (Lipinski definition) is 2. The summed E-state index contributed by atoms with van der Waals surface area (Å²) in [6, 6.07) is 2.77. The topological polar surface area (TPSA) is 112 Å². The van der Waals surface area contributed by atoms with Gasteiger partial charge in [-0.05, 0) is 18.2 Å². The number of amides is 1. The second kappa shape index (κ2) is 8.11. The summed E-state index contributed by atoms with van der Waals surface area (Å²) in [7, 11) is 0. The number of carbonyl (C=O) groups excluding carboxylic acids is 1. The summed E-state index contributed by atoms with van der Waals surface area (Å²) in [5.41, 5.74) is 2.47. The van der Waals surface area contributed by atoms with E-state index in [0.29, 0.717) is 6.92 Å². The van der Waals surface area contributed by atoms with Gasteiger partial charge >= 0.3 is 6.18 Å². The molecule has 1 aromatic carbocycles. The fourth-order valence-corrected chi connectivity index (χ4v) is 3.90. The van der Waals surface area contributed by atoms with Crippen LogP contribution in [0, 0.1) is 11.7 Å². The summed E-state index contributed by atoms with van der Waals surface area (Å²) in [5.74, 6) is -6.46. The van der Waals surface area contributed by atoms with Crippen LogP contribution in [0.2, 0.25) is 0 Å². The van der Waals surface area contributed by atoms with Crippen LogP contribution in [-0.2, 0) is 20.9 Å². The Bertz CT molecular complexity index is 1130. The number of anilines is 1. The molecular weight excluding hydrogens is 472 g/mol. The van der Waals surface area contributed by atoms with Crippen molar-refractivity contribution in [1.82, 2.24) is 9.97 Å². The van der Waals surface area contributed by atoms with Gasteiger partial charge in [0.25, 0.3) is 17.9 Å². The van der Waals surface area contributed by atoms with Crippen molar-refractivity contribution >= 4 is 17.6 Å². The monoisotopic (exact) mass is 489 g/mol. The Labute approximate surface area is 188 Å². The second-order valence-corrected chi connectivity index (χ2v) is 7.89. The molecule has 0 aliphatic carbocycles. The van der Waals surface area contributed by atoms with Gasteiger partial charge in [0, 0.05) is 18.2 Å². The zero-order chi connectivity index (χ0) is 24.9. The molecule has 0 saturated carbocycles. The van der Waals surface area contributed by atoms with Crippen molar-refractivity contribution in [2.24, 2.45) is 16.6 Å². The molecule has 3 atom stereocenters. The molecule has 2 aromatic rings. The molecule has 1 saturated heterocycles. The highest BCUT2D eigenvalue weighted by molar-refractivity contribution is 6.02. The Balaban J connectivity index is 1.66. The van der Waals surface area contributed by atoms with E-state index in [2.05, 4.69) is 20.3 Å². The summed E-state index contributed by atoms with van der Waals surface area (Å²) in [5, 5.41) is 2.38. The van der Waals surface area contributed by atoms with E-state index in [4.69, 9.17) is 15.2 Å². The number of nitrogens with zero attached hydrogens (tertiary/aromatic N) is 3. The molecule has 0 bridgehead atoms. The molecular formula is C20H17F6N5O3. The maximum atomic E-state index is 14.9. The molecule has 3 unspecified atom stereocenters. The minimum Gasteiger partial charge on any atom is -0.465 e. The van der Waals surface area contributed by atoms with Gasteiger partial charge in [0.1, 0.15) is 22.7 Å². The summed E-state index contributed by atoms with van der Waals surface area (Å²) < 4.78 is 91.8. The van der Waals surface area contributed by atoms with E-state index >= 15 is 0 Å². The number of aromatic nitrogens is 2. The van der Waals surface area contributed by atoms with Crippen molar-refractivity contribution in [1.29, 1.82) is 0 Å². The first kappa shape index (κ1) is 23.7. The maximum absolute atomic E-state index is 14.9. The standard InChI is InChI=1S/C20H17F6N5O3/c1-18(22,23)14-6-28-13(5-29-14)16(32)30-9-2-3-12(21)10(4-9)19-8-34-15(20(24,25)26)11(19)7-33-17(27)31-19/h2-6,11,15H,7-8H2,1H3,(H2,27,31)(H,30,32). The average Bonchev–Trinajstić information content (AvgIpc) is 3.14. The van der Waals surface area contributed by atoms with E-state index in [0.717, 1.165) is 30.6 Å². The van der Waals surface area contributed by atoms with Crippen molar-refractivity contribution in [2.45, 2.75) is 30.7 Å². The largest absolute Gasteiger partial charge is 0.465 e. The van der Waals surface area contributed by atoms with Crippen LogP contribution in [0.15, 0.2) is 35.6 Å². The van der Waals surface area contributed by atoms with E-state index in [1.54, 1.807) is 0 Å². The first-order valence-corrected chi connectivity index (χ1v) is 9.79. The van der Waals surface area contributed by atoms with Crippen molar-refractivity contribution in [2.75, 3.05) is 18.5 Å². The molecule has 1 aromatic heterocycles. The summed E-state index contributed by atoms with van der Waals surface area (Å²) in [4.78, 5) is 23.6. The van der Waals surface area contributed by atoms with Gasteiger partial charge in [-0.1, -0.05) is 0 Å². The SMILES string of the molecule is CC(F)(F)c1cnc(C(=O)Nc2ccc(F)c(C34COC(C(F)(F)F)C3COC(N)=N4)c2)cn1. The Hall–Kier alpha value is -3.42. The predicted octanol–water partition coefficient (Wildman–Crippen LogP) is 3.10. The number of alkyl halides is 5. The molecule has 8 nitrogen and oxygen atoms in total. The summed E-state index contributed by atoms with van der Waals surface area (Å²) >= 11 is 0. The number of halogens is 6. The number of rotatable bonds is 4. The van der Waals surface area contributed by atoms with E-state index in [9.17, 15) is 31.1 Å². The van der Waals surface area contributed by atoms with Crippen LogP contribution in [0.25, 0.3) is 0 Å². The molecule has 182 valence electrons. The molecule has 2 aliphatic rings. The third-order valence-electron chi connectivity index (χ3n) is 5.53. The van der Waals surface area contributed by atoms with Crippen LogP contribution in [0.5, 0.6) is 0 Å². The molecule has 14 heteroatoms. The second-order valence-electron chi connectivity index (χ2n) is 7.89. The van der Waals surface area contributed by atoms with E-state index in [-0.39, 0.29) is 16.9 Å². The van der Waals surface area contributed by atoms with Crippen LogP contribution in [-0.4, -0.2) is 47.4 Å². The molecule has 1 amide bonds. The van der Waals surface area contributed by atoms with Gasteiger partial charge in [-0.25, -0.2) is 14.4 Å². The van der Waals surface area contributed by atoms with Gasteiger partial charge in [-0.15, -0.1) is 0 Å². The number of nitrogens with one attached hydrogen (secondary N) is 1. The van der Waals surface area contributed by atoms with Crippen molar-refractivity contribution in [3.05, 3.63) is 53.4 Å². The zero-order valence-corrected chi connectivity index (χ0v) is 17.4. The Morgan fingerprint density at radius 2 is 1.94 bits per heavy atom. The highest BCUT2D eigenvalue weighted by Gasteiger charge is 2.62. The third-order valence-corrected chi connectivity index (χ3v) is 5.53. The smallest absolute Gasteiger partial charge is 0.415 e. The number of ether oxygens (including phenoxy) is 2. The molecule has 3 heterocycles. The number of hydrogen-bond acceptors (Lipinski definition) is 7. The summed E-state index contributed by atoms with van der Waals surface area (Å²) in [6.07, 6.45) is -5.46. The van der Waals surface area contributed by atoms with Crippen LogP contribution in [0.3, 0.4) is 0 Å². The quantitative estimate of drug-likeness (QED) is 0.639. The fourth-order valence-electron chi connectivity index (χ4n) is 3.90. The molecule has 0 radical (unpaired) electrons. The first-order chi connectivity index (χ1) is 15.8. The Kier molecular flexibility index (Phi) is 5.66. The first-order valence-electron chi connectivity index (χ1n) is 9.79. The van der Waals surface area contributed by atoms with Crippen molar-refractivity contribution in [3.63, 3.8) is 0 Å². The lowest BCUT2D eigenvalue weighted by atomic mass is 9.77. The van der Waals surface area contributed by atoms with Gasteiger partial charge in [-0.2, -0.15) is 22.0 Å². The van der Waals surface area contributed by atoms with E-state index in [1.165, 1.54) is 0 Å². The van der Waals surface area contributed by atoms with Crippen molar-refractivity contribution in [3.8, 4) is 0 Å². The molecule has 34 heavy (non-hydrogen) atoms. The van der Waals surface area contributed by atoms with E-state index < -0.39 is 66.3 Å². The summed E-state index contributed by atoms with van der Waals surface area (Å²) in [6.45, 7) is -0.525. The molecule has 0 spiro atoms. The average molecular weight is 489 g/mol. The third kappa shape index (κ3) is 4.24. The number of aliphatic imine (C=N–C) groups is 1. The minimum absolute atomic E-state index is 0.0167. The lowest BCUT2D eigenvalue weighted by Crippen LogP contribution is -2.48. The molecule has 1 fully saturated rings. The van der Waals surface area contributed by atoms with Gasteiger partial charge in [0.15, 0.2) is 6.10 Å². The van der Waals surface area contributed by atoms with Crippen LogP contribution in [0.4, 0.5) is 32.0 Å². The van der Waals surface area contributed by atoms with Gasteiger partial charge < -0.3 is 20.5 Å². The zero-order valence-electron chi connectivity index (χ0n) is 17.4. The fraction of sp³-hybridized carbons (Fsp3) is 0.400. The minimum atomic E-state index is -4.76. The predicted molar refractivity (Wildman–Crippen MR) is 104 cm³/mol. The molecule has 2 aliphatic heterocycles. The molecule has 4 rings (SSSR count). The van der Waals surface area contributed by atoms with E-state index in [1.807, 2.05) is 0 Å². The van der Waals surface area contributed by atoms with Gasteiger partial charge in [0.05, 0.1) is 31.5 Å². The Morgan fingerprint density at radius 3 is 2.56 bits per heavy atom. The normalized spacial score (nSPS) is 24.7. The Morgan fingerprint density at radius 1 is 1.21 bits per heavy atom. The highest BCUT2D eigenvalue weighted by Crippen LogP contribution is 2.50. The number of amidine groups is 1. The van der Waals surface area contributed by atoms with Crippen molar-refractivity contribution < 1.29 is 40.6 Å². The number of nitrogens with two attached hydrogens (primary N) is 1. The number of carbonyl (C=O) groups is 1. The van der Waals surface area contributed by atoms with Gasteiger partial charge in [0.2, 0.25) is 0 Å². The lowest BCUT2D eigenvalue weighted by molar-refractivity contribution is -0.219. The highest BCUT2D eigenvalue weighted by atomic mass is 19.4. The van der Waals surface area contributed by atoms with Crippen LogP contribution < -0.4 is 11.1 Å². The maximum Gasteiger partial charge on any atom is 0.415 e. The number of fused-ring (bicyclic) bond motifs is 1. The number of benzene rings is 1. The molecule has 3 N–H and O–H groups in total. The van der Waals surface area contributed by atoms with Crippen LogP contribution >= 0.6 is 0 Å². The van der Waals surface area contributed by atoms with Gasteiger partial charge in [-0.3, -0.25) is 9.78 Å².